The monoisotopic (exact) mass is 228 g/mol. The second-order valence-electron chi connectivity index (χ2n) is 3.32. The number of hydrogen-bond acceptors (Lipinski definition) is 2. The first-order chi connectivity index (χ1) is 7.13. The van der Waals surface area contributed by atoms with Crippen LogP contribution in [0.15, 0.2) is 24.3 Å². The predicted octanol–water partition coefficient (Wildman–Crippen LogP) is 2.23. The first-order valence-electron chi connectivity index (χ1n) is 4.59. The van der Waals surface area contributed by atoms with Gasteiger partial charge in [0.1, 0.15) is 0 Å². The number of carboxylic acids is 1. The standard InChI is InChI=1S/C11H13ClO3/c1-15-7-9(11(13)14)5-8-3-2-4-10(12)6-8/h2-4,6,9H,5,7H2,1H3,(H,13,14). The summed E-state index contributed by atoms with van der Waals surface area (Å²) in [6, 6.07) is 7.20. The molecule has 1 aromatic carbocycles. The van der Waals surface area contributed by atoms with Crippen molar-refractivity contribution < 1.29 is 14.6 Å². The molecule has 0 radical (unpaired) electrons. The Labute approximate surface area is 93.6 Å². The molecule has 82 valence electrons. The highest BCUT2D eigenvalue weighted by Gasteiger charge is 2.17. The largest absolute Gasteiger partial charge is 0.481 e. The summed E-state index contributed by atoms with van der Waals surface area (Å²) in [6.07, 6.45) is 0.434. The quantitative estimate of drug-likeness (QED) is 0.841. The van der Waals surface area contributed by atoms with Crippen molar-refractivity contribution in [2.45, 2.75) is 6.42 Å². The number of ether oxygens (including phenoxy) is 1. The van der Waals surface area contributed by atoms with Crippen molar-refractivity contribution >= 4 is 17.6 Å². The smallest absolute Gasteiger partial charge is 0.309 e. The summed E-state index contributed by atoms with van der Waals surface area (Å²) in [4.78, 5) is 10.9. The van der Waals surface area contributed by atoms with Crippen LogP contribution < -0.4 is 0 Å². The molecule has 0 bridgehead atoms. The average Bonchev–Trinajstić information content (AvgIpc) is 2.17. The molecular formula is C11H13ClO3. The molecule has 1 rings (SSSR count). The maximum atomic E-state index is 10.9. The fourth-order valence-electron chi connectivity index (χ4n) is 1.37. The van der Waals surface area contributed by atoms with E-state index in [1.54, 1.807) is 12.1 Å². The Bertz CT molecular complexity index is 338. The number of carbonyl (C=O) groups is 1. The second kappa shape index (κ2) is 5.73. The highest BCUT2D eigenvalue weighted by molar-refractivity contribution is 6.30. The topological polar surface area (TPSA) is 46.5 Å². The van der Waals surface area contributed by atoms with E-state index in [9.17, 15) is 4.79 Å². The van der Waals surface area contributed by atoms with Crippen LogP contribution in [0.25, 0.3) is 0 Å². The van der Waals surface area contributed by atoms with Gasteiger partial charge in [-0.1, -0.05) is 23.7 Å². The molecule has 15 heavy (non-hydrogen) atoms. The van der Waals surface area contributed by atoms with Crippen molar-refractivity contribution in [3.8, 4) is 0 Å². The summed E-state index contributed by atoms with van der Waals surface area (Å²) < 4.78 is 4.85. The van der Waals surface area contributed by atoms with Crippen LogP contribution in [0.5, 0.6) is 0 Å². The molecule has 3 nitrogen and oxygen atoms in total. The van der Waals surface area contributed by atoms with E-state index in [1.807, 2.05) is 12.1 Å². The molecule has 1 aromatic rings. The van der Waals surface area contributed by atoms with Gasteiger partial charge in [0.25, 0.3) is 0 Å². The summed E-state index contributed by atoms with van der Waals surface area (Å²) in [5.74, 6) is -1.37. The first-order valence-corrected chi connectivity index (χ1v) is 4.97. The number of aliphatic carboxylic acids is 1. The molecule has 1 N–H and O–H groups in total. The lowest BCUT2D eigenvalue weighted by atomic mass is 10.0. The zero-order chi connectivity index (χ0) is 11.3. The van der Waals surface area contributed by atoms with Crippen molar-refractivity contribution in [2.75, 3.05) is 13.7 Å². The molecule has 0 amide bonds. The van der Waals surface area contributed by atoms with Crippen LogP contribution in [0.4, 0.5) is 0 Å². The zero-order valence-electron chi connectivity index (χ0n) is 8.44. The molecule has 0 saturated carbocycles. The Kier molecular flexibility index (Phi) is 4.59. The van der Waals surface area contributed by atoms with E-state index >= 15 is 0 Å². The van der Waals surface area contributed by atoms with Gasteiger partial charge in [0, 0.05) is 12.1 Å². The first kappa shape index (κ1) is 12.0. The van der Waals surface area contributed by atoms with Gasteiger partial charge in [-0.25, -0.2) is 0 Å². The van der Waals surface area contributed by atoms with Gasteiger partial charge in [0.15, 0.2) is 0 Å². The highest BCUT2D eigenvalue weighted by atomic mass is 35.5. The summed E-state index contributed by atoms with van der Waals surface area (Å²) in [5, 5.41) is 9.54. The van der Waals surface area contributed by atoms with E-state index in [0.717, 1.165) is 5.56 Å². The maximum absolute atomic E-state index is 10.9. The van der Waals surface area contributed by atoms with Crippen LogP contribution in [-0.4, -0.2) is 24.8 Å². The molecule has 0 aliphatic rings. The number of carboxylic acid groups (broad SMARTS) is 1. The Morgan fingerprint density at radius 3 is 2.87 bits per heavy atom. The van der Waals surface area contributed by atoms with E-state index in [4.69, 9.17) is 21.4 Å². The number of halogens is 1. The molecule has 4 heteroatoms. The van der Waals surface area contributed by atoms with Crippen LogP contribution in [0.2, 0.25) is 5.02 Å². The average molecular weight is 229 g/mol. The van der Waals surface area contributed by atoms with Crippen molar-refractivity contribution in [2.24, 2.45) is 5.92 Å². The van der Waals surface area contributed by atoms with Crippen molar-refractivity contribution in [3.05, 3.63) is 34.9 Å². The number of methoxy groups -OCH3 is 1. The third-order valence-corrected chi connectivity index (χ3v) is 2.32. The molecule has 0 spiro atoms. The molecule has 0 aliphatic heterocycles. The maximum Gasteiger partial charge on any atom is 0.309 e. The molecule has 0 aromatic heterocycles. The molecule has 0 aliphatic carbocycles. The van der Waals surface area contributed by atoms with Gasteiger partial charge in [-0.15, -0.1) is 0 Å². The second-order valence-corrected chi connectivity index (χ2v) is 3.76. The molecule has 0 saturated heterocycles. The predicted molar refractivity (Wildman–Crippen MR) is 58.2 cm³/mol. The number of rotatable bonds is 5. The Balaban J connectivity index is 2.69. The normalized spacial score (nSPS) is 12.4. The zero-order valence-corrected chi connectivity index (χ0v) is 9.20. The molecule has 1 atom stereocenters. The van der Waals surface area contributed by atoms with Crippen molar-refractivity contribution in [1.82, 2.24) is 0 Å². The lowest BCUT2D eigenvalue weighted by molar-refractivity contribution is -0.143. The summed E-state index contributed by atoms with van der Waals surface area (Å²) in [5.41, 5.74) is 0.909. The highest BCUT2D eigenvalue weighted by Crippen LogP contribution is 2.15. The Hall–Kier alpha value is -1.06. The number of benzene rings is 1. The SMILES string of the molecule is COCC(Cc1cccc(Cl)c1)C(=O)O. The van der Waals surface area contributed by atoms with Crippen LogP contribution in [0, 0.1) is 5.92 Å². The lowest BCUT2D eigenvalue weighted by Gasteiger charge is -2.11. The molecule has 0 heterocycles. The van der Waals surface area contributed by atoms with Crippen molar-refractivity contribution in [3.63, 3.8) is 0 Å². The van der Waals surface area contributed by atoms with Gasteiger partial charge in [-0.05, 0) is 24.1 Å². The van der Waals surface area contributed by atoms with E-state index in [2.05, 4.69) is 0 Å². The fraction of sp³-hybridized carbons (Fsp3) is 0.364. The molecular weight excluding hydrogens is 216 g/mol. The summed E-state index contributed by atoms with van der Waals surface area (Å²) >= 11 is 5.81. The minimum Gasteiger partial charge on any atom is -0.481 e. The van der Waals surface area contributed by atoms with E-state index < -0.39 is 11.9 Å². The van der Waals surface area contributed by atoms with Gasteiger partial charge in [0.2, 0.25) is 0 Å². The molecule has 0 fully saturated rings. The van der Waals surface area contributed by atoms with Gasteiger partial charge >= 0.3 is 5.97 Å². The number of hydrogen-bond donors (Lipinski definition) is 1. The van der Waals surface area contributed by atoms with E-state index in [1.165, 1.54) is 7.11 Å². The van der Waals surface area contributed by atoms with Gasteiger partial charge in [0.05, 0.1) is 12.5 Å². The third kappa shape index (κ3) is 3.90. The van der Waals surface area contributed by atoms with Crippen LogP contribution in [-0.2, 0) is 16.0 Å². The van der Waals surface area contributed by atoms with Gasteiger partial charge in [-0.2, -0.15) is 0 Å². The van der Waals surface area contributed by atoms with Gasteiger partial charge < -0.3 is 9.84 Å². The Morgan fingerprint density at radius 1 is 1.60 bits per heavy atom. The molecule has 1 unspecified atom stereocenters. The lowest BCUT2D eigenvalue weighted by Crippen LogP contribution is -2.21. The fourth-order valence-corrected chi connectivity index (χ4v) is 1.58. The van der Waals surface area contributed by atoms with E-state index in [-0.39, 0.29) is 6.61 Å². The van der Waals surface area contributed by atoms with Crippen molar-refractivity contribution in [1.29, 1.82) is 0 Å². The van der Waals surface area contributed by atoms with Crippen LogP contribution in [0.1, 0.15) is 5.56 Å². The van der Waals surface area contributed by atoms with E-state index in [0.29, 0.717) is 11.4 Å². The summed E-state index contributed by atoms with van der Waals surface area (Å²) in [7, 11) is 1.49. The van der Waals surface area contributed by atoms with Gasteiger partial charge in [-0.3, -0.25) is 4.79 Å². The van der Waals surface area contributed by atoms with Crippen LogP contribution >= 0.6 is 11.6 Å². The minimum atomic E-state index is -0.850. The van der Waals surface area contributed by atoms with Crippen LogP contribution in [0.3, 0.4) is 0 Å². The summed E-state index contributed by atoms with van der Waals surface area (Å²) in [6.45, 7) is 0.210. The Morgan fingerprint density at radius 2 is 2.33 bits per heavy atom. The third-order valence-electron chi connectivity index (χ3n) is 2.09. The minimum absolute atomic E-state index is 0.210.